The van der Waals surface area contributed by atoms with Gasteiger partial charge < -0.3 is 10.1 Å². The second-order valence-electron chi connectivity index (χ2n) is 3.49. The number of ether oxygens (including phenoxy) is 1. The SMILES string of the molecule is CNc1nnc(SCCCOc2ccccc2)s1. The molecule has 0 aliphatic rings. The molecule has 0 atom stereocenters. The zero-order valence-corrected chi connectivity index (χ0v) is 11.8. The number of hydrogen-bond donors (Lipinski definition) is 1. The van der Waals surface area contributed by atoms with Crippen LogP contribution in [0.5, 0.6) is 5.75 Å². The Kier molecular flexibility index (Phi) is 5.29. The molecule has 2 rings (SSSR count). The highest BCUT2D eigenvalue weighted by Gasteiger charge is 2.02. The Morgan fingerprint density at radius 1 is 1.28 bits per heavy atom. The van der Waals surface area contributed by atoms with Gasteiger partial charge in [-0.2, -0.15) is 0 Å². The molecule has 2 aromatic rings. The number of benzene rings is 1. The molecule has 0 aliphatic heterocycles. The Hall–Kier alpha value is -1.27. The first-order valence-corrected chi connectivity index (χ1v) is 7.50. The van der Waals surface area contributed by atoms with Gasteiger partial charge in [-0.3, -0.25) is 0 Å². The van der Waals surface area contributed by atoms with Crippen molar-refractivity contribution in [1.29, 1.82) is 0 Å². The van der Waals surface area contributed by atoms with E-state index in [1.165, 1.54) is 0 Å². The van der Waals surface area contributed by atoms with Gasteiger partial charge in [-0.1, -0.05) is 41.3 Å². The van der Waals surface area contributed by atoms with Crippen molar-refractivity contribution in [3.63, 3.8) is 0 Å². The smallest absolute Gasteiger partial charge is 0.206 e. The summed E-state index contributed by atoms with van der Waals surface area (Å²) in [6, 6.07) is 9.88. The van der Waals surface area contributed by atoms with Crippen LogP contribution in [0.3, 0.4) is 0 Å². The molecule has 1 aromatic carbocycles. The molecule has 0 radical (unpaired) electrons. The summed E-state index contributed by atoms with van der Waals surface area (Å²) in [4.78, 5) is 0. The molecular weight excluding hydrogens is 266 g/mol. The van der Waals surface area contributed by atoms with Crippen molar-refractivity contribution >= 4 is 28.2 Å². The van der Waals surface area contributed by atoms with Gasteiger partial charge in [-0.15, -0.1) is 10.2 Å². The number of hydrogen-bond acceptors (Lipinski definition) is 6. The maximum absolute atomic E-state index is 5.61. The van der Waals surface area contributed by atoms with Gasteiger partial charge in [0.25, 0.3) is 0 Å². The lowest BCUT2D eigenvalue weighted by molar-refractivity contribution is 0.318. The minimum Gasteiger partial charge on any atom is -0.494 e. The van der Waals surface area contributed by atoms with Crippen molar-refractivity contribution < 1.29 is 4.74 Å². The van der Waals surface area contributed by atoms with E-state index in [2.05, 4.69) is 15.5 Å². The van der Waals surface area contributed by atoms with Gasteiger partial charge >= 0.3 is 0 Å². The van der Waals surface area contributed by atoms with Crippen LogP contribution in [0.25, 0.3) is 0 Å². The summed E-state index contributed by atoms with van der Waals surface area (Å²) in [5.41, 5.74) is 0. The van der Waals surface area contributed by atoms with Crippen LogP contribution in [-0.2, 0) is 0 Å². The van der Waals surface area contributed by atoms with Crippen LogP contribution in [0.4, 0.5) is 5.13 Å². The monoisotopic (exact) mass is 281 g/mol. The second kappa shape index (κ2) is 7.23. The van der Waals surface area contributed by atoms with Gasteiger partial charge in [0, 0.05) is 12.8 Å². The van der Waals surface area contributed by atoms with E-state index >= 15 is 0 Å². The number of nitrogens with one attached hydrogen (secondary N) is 1. The van der Waals surface area contributed by atoms with Gasteiger partial charge in [0.05, 0.1) is 6.61 Å². The quantitative estimate of drug-likeness (QED) is 0.624. The Morgan fingerprint density at radius 3 is 2.83 bits per heavy atom. The first kappa shape index (κ1) is 13.2. The topological polar surface area (TPSA) is 47.0 Å². The fraction of sp³-hybridized carbons (Fsp3) is 0.333. The molecule has 18 heavy (non-hydrogen) atoms. The van der Waals surface area contributed by atoms with Crippen LogP contribution in [0, 0.1) is 0 Å². The molecule has 0 spiro atoms. The minimum absolute atomic E-state index is 0.731. The molecule has 6 heteroatoms. The number of nitrogens with zero attached hydrogens (tertiary/aromatic N) is 2. The molecule has 0 saturated heterocycles. The van der Waals surface area contributed by atoms with Gasteiger partial charge in [0.2, 0.25) is 5.13 Å². The normalized spacial score (nSPS) is 10.3. The molecule has 0 unspecified atom stereocenters. The van der Waals surface area contributed by atoms with Crippen LogP contribution in [0.2, 0.25) is 0 Å². The molecule has 0 saturated carbocycles. The second-order valence-corrected chi connectivity index (χ2v) is 5.81. The van der Waals surface area contributed by atoms with E-state index in [-0.39, 0.29) is 0 Å². The average molecular weight is 281 g/mol. The maximum atomic E-state index is 5.61. The van der Waals surface area contributed by atoms with Crippen molar-refractivity contribution in [2.45, 2.75) is 10.8 Å². The third-order valence-electron chi connectivity index (χ3n) is 2.15. The molecular formula is C12H15N3OS2. The number of anilines is 1. The molecule has 1 aromatic heterocycles. The lowest BCUT2D eigenvalue weighted by Crippen LogP contribution is -1.98. The van der Waals surface area contributed by atoms with E-state index in [0.29, 0.717) is 0 Å². The van der Waals surface area contributed by atoms with E-state index in [9.17, 15) is 0 Å². The highest BCUT2D eigenvalue weighted by molar-refractivity contribution is 8.01. The fourth-order valence-electron chi connectivity index (χ4n) is 1.29. The van der Waals surface area contributed by atoms with Crippen molar-refractivity contribution in [1.82, 2.24) is 10.2 Å². The van der Waals surface area contributed by atoms with Gasteiger partial charge in [0.1, 0.15) is 5.75 Å². The molecule has 4 nitrogen and oxygen atoms in total. The van der Waals surface area contributed by atoms with Crippen LogP contribution in [0.15, 0.2) is 34.7 Å². The fourth-order valence-corrected chi connectivity index (χ4v) is 2.98. The van der Waals surface area contributed by atoms with Crippen molar-refractivity contribution in [3.05, 3.63) is 30.3 Å². The third kappa shape index (κ3) is 4.19. The van der Waals surface area contributed by atoms with Crippen molar-refractivity contribution in [2.24, 2.45) is 0 Å². The zero-order chi connectivity index (χ0) is 12.6. The van der Waals surface area contributed by atoms with Gasteiger partial charge in [-0.05, 0) is 18.6 Å². The maximum Gasteiger partial charge on any atom is 0.206 e. The van der Waals surface area contributed by atoms with E-state index in [1.54, 1.807) is 23.1 Å². The molecule has 1 N–H and O–H groups in total. The standard InChI is InChI=1S/C12H15N3OS2/c1-13-11-14-15-12(18-11)17-9-5-8-16-10-6-3-2-4-7-10/h2-4,6-7H,5,8-9H2,1H3,(H,13,14). The van der Waals surface area contributed by atoms with Crippen LogP contribution in [0.1, 0.15) is 6.42 Å². The summed E-state index contributed by atoms with van der Waals surface area (Å²) in [7, 11) is 1.85. The highest BCUT2D eigenvalue weighted by atomic mass is 32.2. The van der Waals surface area contributed by atoms with E-state index < -0.39 is 0 Å². The van der Waals surface area contributed by atoms with Gasteiger partial charge in [-0.25, -0.2) is 0 Å². The number of aromatic nitrogens is 2. The summed E-state index contributed by atoms with van der Waals surface area (Å²) in [5.74, 6) is 1.92. The van der Waals surface area contributed by atoms with Crippen LogP contribution >= 0.6 is 23.1 Å². The summed E-state index contributed by atoms with van der Waals surface area (Å²) in [6.07, 6.45) is 0.994. The first-order valence-electron chi connectivity index (χ1n) is 5.70. The zero-order valence-electron chi connectivity index (χ0n) is 10.1. The lowest BCUT2D eigenvalue weighted by Gasteiger charge is -2.04. The van der Waals surface area contributed by atoms with E-state index in [1.807, 2.05) is 37.4 Å². The van der Waals surface area contributed by atoms with E-state index in [0.717, 1.165) is 34.0 Å². The molecule has 0 amide bonds. The average Bonchev–Trinajstić information content (AvgIpc) is 2.87. The predicted molar refractivity (Wildman–Crippen MR) is 76.7 cm³/mol. The number of rotatable bonds is 7. The summed E-state index contributed by atoms with van der Waals surface area (Å²) in [5, 5.41) is 11.9. The molecule has 96 valence electrons. The lowest BCUT2D eigenvalue weighted by atomic mass is 10.3. The summed E-state index contributed by atoms with van der Waals surface area (Å²) >= 11 is 3.29. The largest absolute Gasteiger partial charge is 0.494 e. The van der Waals surface area contributed by atoms with Crippen molar-refractivity contribution in [2.75, 3.05) is 24.7 Å². The molecule has 1 heterocycles. The predicted octanol–water partition coefficient (Wildman–Crippen LogP) is 3.14. The van der Waals surface area contributed by atoms with Crippen molar-refractivity contribution in [3.8, 4) is 5.75 Å². The third-order valence-corrected chi connectivity index (χ3v) is 4.31. The number of para-hydroxylation sites is 1. The Bertz CT molecular complexity index is 461. The number of thioether (sulfide) groups is 1. The van der Waals surface area contributed by atoms with Gasteiger partial charge in [0.15, 0.2) is 4.34 Å². The Balaban J connectivity index is 1.61. The highest BCUT2D eigenvalue weighted by Crippen LogP contribution is 2.25. The summed E-state index contributed by atoms with van der Waals surface area (Å²) < 4.78 is 6.61. The van der Waals surface area contributed by atoms with Crippen LogP contribution < -0.4 is 10.1 Å². The molecule has 0 aliphatic carbocycles. The van der Waals surface area contributed by atoms with E-state index in [4.69, 9.17) is 4.74 Å². The summed E-state index contributed by atoms with van der Waals surface area (Å²) in [6.45, 7) is 0.731. The first-order chi connectivity index (χ1) is 8.88. The minimum atomic E-state index is 0.731. The van der Waals surface area contributed by atoms with Crippen LogP contribution in [-0.4, -0.2) is 29.6 Å². The molecule has 0 fully saturated rings. The molecule has 0 bridgehead atoms. The Labute approximate surface area is 115 Å². The Morgan fingerprint density at radius 2 is 2.11 bits per heavy atom.